The van der Waals surface area contributed by atoms with Crippen molar-refractivity contribution >= 4 is 38.9 Å². The summed E-state index contributed by atoms with van der Waals surface area (Å²) in [5.41, 5.74) is 3.51. The lowest BCUT2D eigenvalue weighted by Crippen LogP contribution is -2.25. The molecule has 0 N–H and O–H groups in total. The van der Waals surface area contributed by atoms with Crippen LogP contribution >= 0.6 is 0 Å². The topological polar surface area (TPSA) is 95.9 Å². The van der Waals surface area contributed by atoms with Crippen molar-refractivity contribution in [3.05, 3.63) is 65.5 Å². The van der Waals surface area contributed by atoms with Gasteiger partial charge in [0.2, 0.25) is 10.0 Å². The van der Waals surface area contributed by atoms with Gasteiger partial charge in [-0.1, -0.05) is 6.07 Å². The number of ether oxygens (including phenoxy) is 1. The molecule has 0 bridgehead atoms. The number of pyridine rings is 2. The van der Waals surface area contributed by atoms with E-state index in [2.05, 4.69) is 9.88 Å². The zero-order valence-corrected chi connectivity index (χ0v) is 20.3. The second kappa shape index (κ2) is 7.94. The van der Waals surface area contributed by atoms with Gasteiger partial charge in [0.15, 0.2) is 5.82 Å². The lowest BCUT2D eigenvalue weighted by Gasteiger charge is -2.24. The SMILES string of the molecule is CN1C(=O)c2cc(CCOc3cccc4c3CS(=O)(=O)N4C)cnc2N(C2CC2)c2ncccc21. The highest BCUT2D eigenvalue weighted by Gasteiger charge is 2.39. The molecule has 1 aliphatic carbocycles. The van der Waals surface area contributed by atoms with E-state index >= 15 is 0 Å². The average Bonchev–Trinajstić information content (AvgIpc) is 3.66. The van der Waals surface area contributed by atoms with E-state index in [9.17, 15) is 13.2 Å². The van der Waals surface area contributed by atoms with Crippen molar-refractivity contribution < 1.29 is 17.9 Å². The predicted molar refractivity (Wildman–Crippen MR) is 133 cm³/mol. The molecule has 1 fully saturated rings. The molecular formula is C25H25N5O4S. The number of nitrogens with zero attached hydrogens (tertiary/aromatic N) is 5. The molecule has 9 nitrogen and oxygen atoms in total. The van der Waals surface area contributed by atoms with Crippen molar-refractivity contribution in [1.82, 2.24) is 9.97 Å². The number of fused-ring (bicyclic) bond motifs is 3. The highest BCUT2D eigenvalue weighted by Crippen LogP contribution is 2.44. The Morgan fingerprint density at radius 1 is 1.06 bits per heavy atom. The molecule has 2 aromatic heterocycles. The Kier molecular flexibility index (Phi) is 4.96. The standard InChI is InChI=1S/C25H25N5O4S/c1-28-21-6-4-11-26-24(21)30(17-8-9-17)23-18(25(28)31)13-16(14-27-23)10-12-34-22-7-3-5-20-19(22)15-35(32,33)29(20)2/h3-7,11,13-14,17H,8-10,12,15H2,1-2H3. The molecule has 180 valence electrons. The smallest absolute Gasteiger partial charge is 0.261 e. The molecule has 0 unspecified atom stereocenters. The number of aromatic nitrogens is 2. The van der Waals surface area contributed by atoms with Gasteiger partial charge < -0.3 is 14.5 Å². The molecule has 35 heavy (non-hydrogen) atoms. The van der Waals surface area contributed by atoms with Gasteiger partial charge in [-0.15, -0.1) is 0 Å². The van der Waals surface area contributed by atoms with Crippen LogP contribution in [0.15, 0.2) is 48.8 Å². The number of carbonyl (C=O) groups is 1. The van der Waals surface area contributed by atoms with Crippen LogP contribution in [-0.4, -0.2) is 51.0 Å². The number of benzene rings is 1. The minimum Gasteiger partial charge on any atom is -0.493 e. The van der Waals surface area contributed by atoms with E-state index in [1.54, 1.807) is 49.6 Å². The number of amides is 1. The third-order valence-corrected chi connectivity index (χ3v) is 8.48. The van der Waals surface area contributed by atoms with E-state index in [1.807, 2.05) is 18.2 Å². The molecule has 1 aromatic carbocycles. The molecule has 10 heteroatoms. The van der Waals surface area contributed by atoms with E-state index < -0.39 is 10.0 Å². The lowest BCUT2D eigenvalue weighted by atomic mass is 10.1. The summed E-state index contributed by atoms with van der Waals surface area (Å²) in [5.74, 6) is 1.77. The molecule has 0 radical (unpaired) electrons. The molecule has 4 heterocycles. The molecule has 0 saturated heterocycles. The van der Waals surface area contributed by atoms with E-state index in [0.717, 1.165) is 29.9 Å². The molecule has 1 saturated carbocycles. The van der Waals surface area contributed by atoms with Crippen LogP contribution in [0.5, 0.6) is 5.75 Å². The Morgan fingerprint density at radius 3 is 2.66 bits per heavy atom. The van der Waals surface area contributed by atoms with Gasteiger partial charge in [0, 0.05) is 44.5 Å². The van der Waals surface area contributed by atoms with Gasteiger partial charge in [0.25, 0.3) is 5.91 Å². The zero-order valence-electron chi connectivity index (χ0n) is 19.5. The number of sulfonamides is 1. The Morgan fingerprint density at radius 2 is 1.86 bits per heavy atom. The van der Waals surface area contributed by atoms with E-state index in [4.69, 9.17) is 9.72 Å². The minimum atomic E-state index is -3.35. The number of hydrogen-bond donors (Lipinski definition) is 0. The molecule has 1 amide bonds. The Bertz CT molecular complexity index is 1450. The van der Waals surface area contributed by atoms with Crippen molar-refractivity contribution in [2.24, 2.45) is 0 Å². The molecule has 6 rings (SSSR count). The normalized spacial score (nSPS) is 18.1. The van der Waals surface area contributed by atoms with Crippen LogP contribution in [0.2, 0.25) is 0 Å². The summed E-state index contributed by atoms with van der Waals surface area (Å²) in [5, 5.41) is 0. The first kappa shape index (κ1) is 21.8. The summed E-state index contributed by atoms with van der Waals surface area (Å²) in [6.07, 6.45) is 6.13. The maximum Gasteiger partial charge on any atom is 0.261 e. The van der Waals surface area contributed by atoms with Crippen molar-refractivity contribution in [3.63, 3.8) is 0 Å². The first-order valence-corrected chi connectivity index (χ1v) is 13.2. The molecule has 3 aliphatic rings. The van der Waals surface area contributed by atoms with Crippen molar-refractivity contribution in [2.75, 3.05) is 34.8 Å². The summed E-state index contributed by atoms with van der Waals surface area (Å²) in [6.45, 7) is 0.332. The van der Waals surface area contributed by atoms with E-state index in [1.165, 1.54) is 4.31 Å². The third-order valence-electron chi connectivity index (χ3n) is 6.79. The van der Waals surface area contributed by atoms with Crippen molar-refractivity contribution in [2.45, 2.75) is 31.1 Å². The predicted octanol–water partition coefficient (Wildman–Crippen LogP) is 3.27. The van der Waals surface area contributed by atoms with Gasteiger partial charge in [-0.05, 0) is 48.7 Å². The molecule has 3 aromatic rings. The summed E-state index contributed by atoms with van der Waals surface area (Å²) >= 11 is 0. The molecular weight excluding hydrogens is 466 g/mol. The van der Waals surface area contributed by atoms with E-state index in [0.29, 0.717) is 41.4 Å². The van der Waals surface area contributed by atoms with Crippen molar-refractivity contribution in [1.29, 1.82) is 0 Å². The highest BCUT2D eigenvalue weighted by atomic mass is 32.2. The second-order valence-corrected chi connectivity index (χ2v) is 11.1. The fourth-order valence-corrected chi connectivity index (χ4v) is 6.05. The Hall–Kier alpha value is -3.66. The van der Waals surface area contributed by atoms with Crippen molar-refractivity contribution in [3.8, 4) is 5.75 Å². The summed E-state index contributed by atoms with van der Waals surface area (Å²) in [7, 11) is -0.0290. The van der Waals surface area contributed by atoms with Crippen LogP contribution in [0.4, 0.5) is 23.0 Å². The maximum absolute atomic E-state index is 13.4. The average molecular weight is 492 g/mol. The maximum atomic E-state index is 13.4. The van der Waals surface area contributed by atoms with Crippen LogP contribution in [0.25, 0.3) is 0 Å². The van der Waals surface area contributed by atoms with Gasteiger partial charge in [0.1, 0.15) is 17.3 Å². The van der Waals surface area contributed by atoms with Gasteiger partial charge in [0.05, 0.1) is 23.5 Å². The van der Waals surface area contributed by atoms with Crippen LogP contribution in [0.3, 0.4) is 0 Å². The van der Waals surface area contributed by atoms with Gasteiger partial charge in [-0.3, -0.25) is 9.10 Å². The fourth-order valence-electron chi connectivity index (χ4n) is 4.73. The first-order chi connectivity index (χ1) is 16.8. The third kappa shape index (κ3) is 3.59. The van der Waals surface area contributed by atoms with Crippen LogP contribution in [0, 0.1) is 0 Å². The van der Waals surface area contributed by atoms with Gasteiger partial charge >= 0.3 is 0 Å². The summed E-state index contributed by atoms with van der Waals surface area (Å²) in [6, 6.07) is 11.3. The Balaban J connectivity index is 1.26. The molecule has 0 spiro atoms. The quantitative estimate of drug-likeness (QED) is 0.541. The number of anilines is 4. The van der Waals surface area contributed by atoms with Gasteiger partial charge in [-0.2, -0.15) is 0 Å². The van der Waals surface area contributed by atoms with Crippen LogP contribution in [0.1, 0.15) is 34.3 Å². The second-order valence-electron chi connectivity index (χ2n) is 9.10. The highest BCUT2D eigenvalue weighted by molar-refractivity contribution is 7.92. The van der Waals surface area contributed by atoms with E-state index in [-0.39, 0.29) is 17.7 Å². The first-order valence-electron chi connectivity index (χ1n) is 11.6. The van der Waals surface area contributed by atoms with Crippen LogP contribution in [-0.2, 0) is 22.2 Å². The zero-order chi connectivity index (χ0) is 24.3. The lowest BCUT2D eigenvalue weighted by molar-refractivity contribution is 0.0994. The monoisotopic (exact) mass is 491 g/mol. The number of hydrogen-bond acceptors (Lipinski definition) is 7. The molecule has 2 aliphatic heterocycles. The largest absolute Gasteiger partial charge is 0.493 e. The number of rotatable bonds is 5. The summed E-state index contributed by atoms with van der Waals surface area (Å²) in [4.78, 5) is 26.4. The minimum absolute atomic E-state index is 0.0676. The number of carbonyl (C=O) groups excluding carboxylic acids is 1. The van der Waals surface area contributed by atoms with Gasteiger partial charge in [-0.25, -0.2) is 18.4 Å². The Labute approximate surface area is 204 Å². The fraction of sp³-hybridized carbons (Fsp3) is 0.320. The molecule has 0 atom stereocenters. The summed E-state index contributed by atoms with van der Waals surface area (Å²) < 4.78 is 31.8. The van der Waals surface area contributed by atoms with Crippen LogP contribution < -0.4 is 18.8 Å².